The fourth-order valence-electron chi connectivity index (χ4n) is 2.69. The minimum Gasteiger partial charge on any atom is -0.373 e. The van der Waals surface area contributed by atoms with Crippen LogP contribution in [0.1, 0.15) is 38.9 Å². The first-order valence-electron chi connectivity index (χ1n) is 7.76. The number of nitrogens with one attached hydrogen (secondary N) is 2. The van der Waals surface area contributed by atoms with Crippen LogP contribution in [0.4, 0.5) is 11.6 Å². The highest BCUT2D eigenvalue weighted by Crippen LogP contribution is 2.14. The molecule has 1 unspecified atom stereocenters. The molecule has 0 amide bonds. The number of anilines is 2. The average Bonchev–Trinajstić information content (AvgIpc) is 2.91. The number of hydrogen-bond acceptors (Lipinski definition) is 5. The Morgan fingerprint density at radius 2 is 1.95 bits per heavy atom. The van der Waals surface area contributed by atoms with Gasteiger partial charge in [0.25, 0.3) is 0 Å². The maximum Gasteiger partial charge on any atom is 0.133 e. The van der Waals surface area contributed by atoms with E-state index in [4.69, 9.17) is 0 Å². The lowest BCUT2D eigenvalue weighted by molar-refractivity contribution is 0.327. The Morgan fingerprint density at radius 3 is 2.60 bits per heavy atom. The Bertz CT molecular complexity index is 415. The lowest BCUT2D eigenvalue weighted by Gasteiger charge is -2.22. The van der Waals surface area contributed by atoms with Gasteiger partial charge < -0.3 is 15.5 Å². The largest absolute Gasteiger partial charge is 0.373 e. The van der Waals surface area contributed by atoms with Crippen LogP contribution in [0.5, 0.6) is 0 Å². The molecule has 1 saturated heterocycles. The van der Waals surface area contributed by atoms with Crippen LogP contribution >= 0.6 is 0 Å². The summed E-state index contributed by atoms with van der Waals surface area (Å²) in [6.07, 6.45) is 4.66. The Labute approximate surface area is 122 Å². The van der Waals surface area contributed by atoms with Crippen molar-refractivity contribution in [3.63, 3.8) is 0 Å². The van der Waals surface area contributed by atoms with E-state index < -0.39 is 0 Å². The van der Waals surface area contributed by atoms with Crippen LogP contribution in [0.3, 0.4) is 0 Å². The van der Waals surface area contributed by atoms with Crippen LogP contribution in [-0.4, -0.2) is 47.6 Å². The van der Waals surface area contributed by atoms with Gasteiger partial charge in [0.15, 0.2) is 0 Å². The van der Waals surface area contributed by atoms with Gasteiger partial charge in [-0.05, 0) is 39.3 Å². The predicted molar refractivity (Wildman–Crippen MR) is 84.3 cm³/mol. The van der Waals surface area contributed by atoms with Gasteiger partial charge in [0.1, 0.15) is 17.5 Å². The average molecular weight is 277 g/mol. The Hall–Kier alpha value is -1.36. The van der Waals surface area contributed by atoms with Gasteiger partial charge >= 0.3 is 0 Å². The second kappa shape index (κ2) is 7.43. The lowest BCUT2D eigenvalue weighted by Crippen LogP contribution is -2.33. The van der Waals surface area contributed by atoms with Gasteiger partial charge in [-0.15, -0.1) is 0 Å². The molecule has 0 aliphatic carbocycles. The number of likely N-dealkylation sites (tertiary alicyclic amines) is 1. The van der Waals surface area contributed by atoms with E-state index in [-0.39, 0.29) is 0 Å². The van der Waals surface area contributed by atoms with E-state index in [0.717, 1.165) is 36.8 Å². The van der Waals surface area contributed by atoms with Gasteiger partial charge in [-0.25, -0.2) is 9.97 Å². The highest BCUT2D eigenvalue weighted by molar-refractivity contribution is 5.47. The summed E-state index contributed by atoms with van der Waals surface area (Å²) in [6, 6.07) is 2.39. The van der Waals surface area contributed by atoms with E-state index in [1.54, 1.807) is 0 Å². The number of aryl methyl sites for hydroxylation is 1. The summed E-state index contributed by atoms with van der Waals surface area (Å²) in [5.74, 6) is 2.73. The van der Waals surface area contributed by atoms with Crippen molar-refractivity contribution in [2.75, 3.05) is 37.3 Å². The van der Waals surface area contributed by atoms with Gasteiger partial charge in [0.05, 0.1) is 0 Å². The van der Waals surface area contributed by atoms with Crippen LogP contribution < -0.4 is 10.6 Å². The van der Waals surface area contributed by atoms with Crippen molar-refractivity contribution in [2.45, 2.75) is 45.6 Å². The summed E-state index contributed by atoms with van der Waals surface area (Å²) in [5.41, 5.74) is 0. The van der Waals surface area contributed by atoms with Gasteiger partial charge in [0.2, 0.25) is 0 Å². The maximum atomic E-state index is 4.60. The zero-order valence-corrected chi connectivity index (χ0v) is 12.9. The molecular formula is C15H27N5. The molecule has 1 fully saturated rings. The van der Waals surface area contributed by atoms with Crippen molar-refractivity contribution < 1.29 is 0 Å². The minimum absolute atomic E-state index is 0.405. The number of nitrogens with zero attached hydrogens (tertiary/aromatic N) is 3. The standard InChI is InChI=1S/C15H27N5/c1-4-7-13-18-14(16-3)10-15(19-13)17-12(2)11-20-8-5-6-9-20/h10,12H,4-9,11H2,1-3H3,(H2,16,17,18,19). The van der Waals surface area contributed by atoms with Gasteiger partial charge in [-0.3, -0.25) is 0 Å². The van der Waals surface area contributed by atoms with E-state index in [0.29, 0.717) is 6.04 Å². The van der Waals surface area contributed by atoms with E-state index >= 15 is 0 Å². The van der Waals surface area contributed by atoms with Gasteiger partial charge in [-0.1, -0.05) is 6.92 Å². The second-order valence-electron chi connectivity index (χ2n) is 5.61. The Balaban J connectivity index is 1.97. The molecule has 2 rings (SSSR count). The van der Waals surface area contributed by atoms with Crippen molar-refractivity contribution in [1.82, 2.24) is 14.9 Å². The number of hydrogen-bond donors (Lipinski definition) is 2. The Kier molecular flexibility index (Phi) is 5.59. The lowest BCUT2D eigenvalue weighted by atomic mass is 10.3. The molecular weight excluding hydrogens is 250 g/mol. The summed E-state index contributed by atoms with van der Waals surface area (Å²) in [4.78, 5) is 11.6. The quantitative estimate of drug-likeness (QED) is 0.801. The number of aromatic nitrogens is 2. The highest BCUT2D eigenvalue weighted by Gasteiger charge is 2.15. The summed E-state index contributed by atoms with van der Waals surface area (Å²) in [7, 11) is 1.90. The normalized spacial score (nSPS) is 17.1. The Morgan fingerprint density at radius 1 is 1.25 bits per heavy atom. The number of rotatable bonds is 7. The molecule has 0 aromatic carbocycles. The maximum absolute atomic E-state index is 4.60. The third-order valence-electron chi connectivity index (χ3n) is 3.63. The van der Waals surface area contributed by atoms with Crippen molar-refractivity contribution in [1.29, 1.82) is 0 Å². The van der Waals surface area contributed by atoms with Crippen molar-refractivity contribution in [3.8, 4) is 0 Å². The van der Waals surface area contributed by atoms with Crippen LogP contribution in [0.25, 0.3) is 0 Å². The first-order chi connectivity index (χ1) is 9.71. The molecule has 5 nitrogen and oxygen atoms in total. The molecule has 1 aromatic heterocycles. The highest BCUT2D eigenvalue weighted by atomic mass is 15.2. The van der Waals surface area contributed by atoms with Gasteiger partial charge in [0, 0.05) is 32.1 Å². The fourth-order valence-corrected chi connectivity index (χ4v) is 2.69. The molecule has 2 N–H and O–H groups in total. The first kappa shape index (κ1) is 15.0. The molecule has 1 atom stereocenters. The molecule has 0 spiro atoms. The van der Waals surface area contributed by atoms with Crippen molar-refractivity contribution in [2.24, 2.45) is 0 Å². The van der Waals surface area contributed by atoms with Crippen LogP contribution in [-0.2, 0) is 6.42 Å². The molecule has 5 heteroatoms. The molecule has 2 heterocycles. The molecule has 0 radical (unpaired) electrons. The molecule has 0 bridgehead atoms. The summed E-state index contributed by atoms with van der Waals surface area (Å²) in [6.45, 7) is 7.93. The van der Waals surface area contributed by atoms with Gasteiger partial charge in [-0.2, -0.15) is 0 Å². The van der Waals surface area contributed by atoms with E-state index in [9.17, 15) is 0 Å². The summed E-state index contributed by atoms with van der Waals surface area (Å²) < 4.78 is 0. The van der Waals surface area contributed by atoms with Crippen molar-refractivity contribution >= 4 is 11.6 Å². The molecule has 0 saturated carbocycles. The van der Waals surface area contributed by atoms with Crippen LogP contribution in [0, 0.1) is 0 Å². The minimum atomic E-state index is 0.405. The van der Waals surface area contributed by atoms with E-state index in [1.807, 2.05) is 13.1 Å². The predicted octanol–water partition coefficient (Wildman–Crippen LogP) is 2.37. The van der Waals surface area contributed by atoms with Crippen LogP contribution in [0.2, 0.25) is 0 Å². The molecule has 1 aliphatic rings. The fraction of sp³-hybridized carbons (Fsp3) is 0.733. The van der Waals surface area contributed by atoms with Crippen molar-refractivity contribution in [3.05, 3.63) is 11.9 Å². The third kappa shape index (κ3) is 4.34. The first-order valence-corrected chi connectivity index (χ1v) is 7.76. The zero-order chi connectivity index (χ0) is 14.4. The summed E-state index contributed by atoms with van der Waals surface area (Å²) >= 11 is 0. The smallest absolute Gasteiger partial charge is 0.133 e. The SMILES string of the molecule is CCCc1nc(NC)cc(NC(C)CN2CCCC2)n1. The van der Waals surface area contributed by atoms with Crippen LogP contribution in [0.15, 0.2) is 6.07 Å². The molecule has 20 heavy (non-hydrogen) atoms. The van der Waals surface area contributed by atoms with E-state index in [2.05, 4.69) is 39.3 Å². The molecule has 112 valence electrons. The summed E-state index contributed by atoms with van der Waals surface area (Å²) in [5, 5.41) is 6.62. The zero-order valence-electron chi connectivity index (χ0n) is 12.9. The topological polar surface area (TPSA) is 53.1 Å². The second-order valence-corrected chi connectivity index (χ2v) is 5.61. The molecule has 1 aliphatic heterocycles. The molecule has 1 aromatic rings. The van der Waals surface area contributed by atoms with E-state index in [1.165, 1.54) is 25.9 Å². The third-order valence-corrected chi connectivity index (χ3v) is 3.63. The monoisotopic (exact) mass is 277 g/mol.